The van der Waals surface area contributed by atoms with Crippen molar-refractivity contribution in [1.29, 1.82) is 0 Å². The summed E-state index contributed by atoms with van der Waals surface area (Å²) in [5.74, 6) is -1.39. The SMILES string of the molecule is CC(C)=C(F)C(=O)NC(C)CCCO. The molecule has 0 rings (SSSR count). The molecule has 1 amide bonds. The van der Waals surface area contributed by atoms with E-state index in [0.29, 0.717) is 18.4 Å². The first-order valence-corrected chi connectivity index (χ1v) is 4.73. The van der Waals surface area contributed by atoms with Crippen LogP contribution in [0.4, 0.5) is 4.39 Å². The van der Waals surface area contributed by atoms with Crippen molar-refractivity contribution in [3.8, 4) is 0 Å². The second-order valence-corrected chi connectivity index (χ2v) is 3.55. The molecule has 0 aromatic carbocycles. The first kappa shape index (κ1) is 13.1. The minimum absolute atomic E-state index is 0.0886. The highest BCUT2D eigenvalue weighted by atomic mass is 19.1. The number of nitrogens with one attached hydrogen (secondary N) is 1. The van der Waals surface area contributed by atoms with E-state index < -0.39 is 11.7 Å². The standard InChI is InChI=1S/C10H18FNO2/c1-7(2)9(11)10(14)12-8(3)5-4-6-13/h8,13H,4-6H2,1-3H3,(H,12,14). The van der Waals surface area contributed by atoms with Crippen molar-refractivity contribution in [2.75, 3.05) is 6.61 Å². The number of carbonyl (C=O) groups excluding carboxylic acids is 1. The number of amides is 1. The van der Waals surface area contributed by atoms with Gasteiger partial charge in [0, 0.05) is 12.6 Å². The summed E-state index contributed by atoms with van der Waals surface area (Å²) in [6, 6.07) is -0.111. The van der Waals surface area contributed by atoms with Gasteiger partial charge in [0.25, 0.3) is 5.91 Å². The van der Waals surface area contributed by atoms with Gasteiger partial charge < -0.3 is 10.4 Å². The monoisotopic (exact) mass is 203 g/mol. The summed E-state index contributed by atoms with van der Waals surface area (Å²) >= 11 is 0. The Bertz CT molecular complexity index is 222. The molecule has 0 aliphatic carbocycles. The maximum Gasteiger partial charge on any atom is 0.280 e. The van der Waals surface area contributed by atoms with Crippen molar-refractivity contribution < 1.29 is 14.3 Å². The predicted molar refractivity (Wildman–Crippen MR) is 53.4 cm³/mol. The van der Waals surface area contributed by atoms with Crippen LogP contribution in [-0.4, -0.2) is 23.7 Å². The molecule has 0 aliphatic heterocycles. The fraction of sp³-hybridized carbons (Fsp3) is 0.700. The minimum Gasteiger partial charge on any atom is -0.396 e. The van der Waals surface area contributed by atoms with Gasteiger partial charge in [-0.3, -0.25) is 4.79 Å². The van der Waals surface area contributed by atoms with E-state index in [9.17, 15) is 9.18 Å². The summed E-state index contributed by atoms with van der Waals surface area (Å²) in [6.45, 7) is 4.97. The van der Waals surface area contributed by atoms with Crippen molar-refractivity contribution in [1.82, 2.24) is 5.32 Å². The third-order valence-electron chi connectivity index (χ3n) is 1.81. The number of allylic oxidation sites excluding steroid dienone is 1. The summed E-state index contributed by atoms with van der Waals surface area (Å²) in [6.07, 6.45) is 1.26. The van der Waals surface area contributed by atoms with E-state index in [2.05, 4.69) is 5.32 Å². The molecule has 0 aliphatic rings. The predicted octanol–water partition coefficient (Wildman–Crippen LogP) is 1.53. The van der Waals surface area contributed by atoms with Crippen LogP contribution in [0.3, 0.4) is 0 Å². The van der Waals surface area contributed by atoms with Crippen molar-refractivity contribution in [2.45, 2.75) is 39.7 Å². The Morgan fingerprint density at radius 1 is 1.50 bits per heavy atom. The third-order valence-corrected chi connectivity index (χ3v) is 1.81. The summed E-state index contributed by atoms with van der Waals surface area (Å²) in [5, 5.41) is 11.1. The summed E-state index contributed by atoms with van der Waals surface area (Å²) in [4.78, 5) is 11.2. The van der Waals surface area contributed by atoms with E-state index in [0.717, 1.165) is 0 Å². The average Bonchev–Trinajstić information content (AvgIpc) is 2.13. The number of aliphatic hydroxyl groups excluding tert-OH is 1. The van der Waals surface area contributed by atoms with Gasteiger partial charge >= 0.3 is 0 Å². The molecular formula is C10H18FNO2. The molecule has 82 valence electrons. The van der Waals surface area contributed by atoms with Gasteiger partial charge in [-0.15, -0.1) is 0 Å². The highest BCUT2D eigenvalue weighted by Gasteiger charge is 2.12. The zero-order valence-corrected chi connectivity index (χ0v) is 8.93. The Balaban J connectivity index is 4.00. The van der Waals surface area contributed by atoms with Gasteiger partial charge in [-0.1, -0.05) is 0 Å². The number of hydrogen-bond acceptors (Lipinski definition) is 2. The lowest BCUT2D eigenvalue weighted by Crippen LogP contribution is -2.33. The van der Waals surface area contributed by atoms with Gasteiger partial charge in [0.1, 0.15) is 0 Å². The molecule has 0 aromatic rings. The Hall–Kier alpha value is -0.900. The van der Waals surface area contributed by atoms with E-state index >= 15 is 0 Å². The molecule has 0 radical (unpaired) electrons. The van der Waals surface area contributed by atoms with Crippen LogP contribution in [0.15, 0.2) is 11.4 Å². The fourth-order valence-electron chi connectivity index (χ4n) is 0.984. The Morgan fingerprint density at radius 3 is 2.50 bits per heavy atom. The zero-order valence-electron chi connectivity index (χ0n) is 8.93. The van der Waals surface area contributed by atoms with Crippen molar-refractivity contribution >= 4 is 5.91 Å². The average molecular weight is 203 g/mol. The van der Waals surface area contributed by atoms with Crippen LogP contribution in [0, 0.1) is 0 Å². The Morgan fingerprint density at radius 2 is 2.07 bits per heavy atom. The smallest absolute Gasteiger partial charge is 0.280 e. The fourth-order valence-corrected chi connectivity index (χ4v) is 0.984. The second-order valence-electron chi connectivity index (χ2n) is 3.55. The minimum atomic E-state index is -0.721. The summed E-state index contributed by atoms with van der Waals surface area (Å²) < 4.78 is 13.0. The topological polar surface area (TPSA) is 49.3 Å². The molecule has 3 nitrogen and oxygen atoms in total. The van der Waals surface area contributed by atoms with Gasteiger partial charge in [0.15, 0.2) is 5.83 Å². The van der Waals surface area contributed by atoms with Crippen molar-refractivity contribution in [2.24, 2.45) is 0 Å². The van der Waals surface area contributed by atoms with E-state index in [4.69, 9.17) is 5.11 Å². The highest BCUT2D eigenvalue weighted by molar-refractivity contribution is 5.91. The van der Waals surface area contributed by atoms with Gasteiger partial charge in [0.2, 0.25) is 0 Å². The highest BCUT2D eigenvalue weighted by Crippen LogP contribution is 2.05. The lowest BCUT2D eigenvalue weighted by Gasteiger charge is -2.12. The van der Waals surface area contributed by atoms with Crippen LogP contribution in [0.2, 0.25) is 0 Å². The Labute approximate surface area is 84.0 Å². The molecule has 0 saturated heterocycles. The Kier molecular flexibility index (Phi) is 6.12. The van der Waals surface area contributed by atoms with Crippen LogP contribution in [0.25, 0.3) is 0 Å². The van der Waals surface area contributed by atoms with Crippen molar-refractivity contribution in [3.05, 3.63) is 11.4 Å². The van der Waals surface area contributed by atoms with Gasteiger partial charge in [-0.2, -0.15) is 0 Å². The quantitative estimate of drug-likeness (QED) is 0.666. The van der Waals surface area contributed by atoms with E-state index in [1.807, 2.05) is 0 Å². The number of hydrogen-bond donors (Lipinski definition) is 2. The van der Waals surface area contributed by atoms with Gasteiger partial charge in [-0.25, -0.2) is 4.39 Å². The van der Waals surface area contributed by atoms with Crippen molar-refractivity contribution in [3.63, 3.8) is 0 Å². The molecule has 0 aromatic heterocycles. The molecule has 0 bridgehead atoms. The number of halogens is 1. The molecule has 2 N–H and O–H groups in total. The molecule has 0 spiro atoms. The third kappa shape index (κ3) is 4.97. The van der Waals surface area contributed by atoms with Gasteiger partial charge in [-0.05, 0) is 39.2 Å². The van der Waals surface area contributed by atoms with Gasteiger partial charge in [0.05, 0.1) is 0 Å². The first-order valence-electron chi connectivity index (χ1n) is 4.73. The first-order chi connectivity index (χ1) is 6.49. The summed E-state index contributed by atoms with van der Waals surface area (Å²) in [5.41, 5.74) is 0.372. The molecular weight excluding hydrogens is 185 g/mol. The number of carbonyl (C=O) groups is 1. The van der Waals surface area contributed by atoms with Crippen LogP contribution in [-0.2, 0) is 4.79 Å². The molecule has 0 heterocycles. The summed E-state index contributed by atoms with van der Waals surface area (Å²) in [7, 11) is 0. The lowest BCUT2D eigenvalue weighted by atomic mass is 10.2. The molecule has 14 heavy (non-hydrogen) atoms. The largest absolute Gasteiger partial charge is 0.396 e. The second kappa shape index (κ2) is 6.54. The number of aliphatic hydroxyl groups is 1. The maximum absolute atomic E-state index is 13.0. The normalized spacial score (nSPS) is 12.1. The maximum atomic E-state index is 13.0. The molecule has 1 unspecified atom stereocenters. The van der Waals surface area contributed by atoms with Crippen LogP contribution in [0.5, 0.6) is 0 Å². The number of rotatable bonds is 5. The van der Waals surface area contributed by atoms with E-state index in [1.54, 1.807) is 20.8 Å². The molecule has 1 atom stereocenters. The van der Waals surface area contributed by atoms with Crippen LogP contribution in [0.1, 0.15) is 33.6 Å². The molecule has 0 saturated carbocycles. The molecule has 4 heteroatoms. The van der Waals surface area contributed by atoms with Crippen LogP contribution >= 0.6 is 0 Å². The van der Waals surface area contributed by atoms with E-state index in [1.165, 1.54) is 0 Å². The molecule has 0 fully saturated rings. The lowest BCUT2D eigenvalue weighted by molar-refractivity contribution is -0.119. The van der Waals surface area contributed by atoms with Crippen LogP contribution < -0.4 is 5.32 Å². The zero-order chi connectivity index (χ0) is 11.1. The van der Waals surface area contributed by atoms with E-state index in [-0.39, 0.29) is 12.6 Å².